The van der Waals surface area contributed by atoms with Gasteiger partial charge in [0.2, 0.25) is 0 Å². The maximum atomic E-state index is 3.48. The molecule has 0 aliphatic carbocycles. The molecule has 21 heavy (non-hydrogen) atoms. The molecular formula is C18H29N3. The van der Waals surface area contributed by atoms with Gasteiger partial charge in [-0.15, -0.1) is 0 Å². The van der Waals surface area contributed by atoms with Gasteiger partial charge in [0, 0.05) is 32.2 Å². The number of fused-ring (bicyclic) bond motifs is 1. The van der Waals surface area contributed by atoms with Gasteiger partial charge in [-0.1, -0.05) is 32.0 Å². The molecule has 0 spiro atoms. The highest BCUT2D eigenvalue weighted by atomic mass is 15.2. The summed E-state index contributed by atoms with van der Waals surface area (Å²) in [5.41, 5.74) is 4.54. The van der Waals surface area contributed by atoms with Crippen LogP contribution in [0.5, 0.6) is 0 Å². The first-order valence-electron chi connectivity index (χ1n) is 8.58. The van der Waals surface area contributed by atoms with Gasteiger partial charge >= 0.3 is 0 Å². The van der Waals surface area contributed by atoms with Gasteiger partial charge in [-0.3, -0.25) is 9.80 Å². The van der Waals surface area contributed by atoms with E-state index in [-0.39, 0.29) is 0 Å². The standard InChI is InChI=1S/C18H29N3/c1-3-21(4-2)18-8-10-20(14-18)13-15-5-6-16-7-9-19-12-17(16)11-15/h5-6,11,18-19H,3-4,7-10,12-14H2,1-2H3. The predicted molar refractivity (Wildman–Crippen MR) is 88.5 cm³/mol. The summed E-state index contributed by atoms with van der Waals surface area (Å²) in [7, 11) is 0. The fraction of sp³-hybridized carbons (Fsp3) is 0.667. The molecule has 3 heteroatoms. The Labute approximate surface area is 129 Å². The zero-order valence-electron chi connectivity index (χ0n) is 13.6. The van der Waals surface area contributed by atoms with Crippen LogP contribution in [0.2, 0.25) is 0 Å². The summed E-state index contributed by atoms with van der Waals surface area (Å²) < 4.78 is 0. The largest absolute Gasteiger partial charge is 0.312 e. The Hall–Kier alpha value is -0.900. The van der Waals surface area contributed by atoms with Crippen molar-refractivity contribution in [3.63, 3.8) is 0 Å². The summed E-state index contributed by atoms with van der Waals surface area (Å²) in [6.07, 6.45) is 2.51. The van der Waals surface area contributed by atoms with Crippen molar-refractivity contribution in [1.29, 1.82) is 0 Å². The molecule has 0 bridgehead atoms. The number of nitrogens with zero attached hydrogens (tertiary/aromatic N) is 2. The third-order valence-electron chi connectivity index (χ3n) is 5.14. The normalized spacial score (nSPS) is 22.7. The summed E-state index contributed by atoms with van der Waals surface area (Å²) >= 11 is 0. The number of benzene rings is 1. The van der Waals surface area contributed by atoms with Gasteiger partial charge in [0.05, 0.1) is 0 Å². The van der Waals surface area contributed by atoms with E-state index in [0.29, 0.717) is 0 Å². The first-order valence-corrected chi connectivity index (χ1v) is 8.58. The number of hydrogen-bond donors (Lipinski definition) is 1. The summed E-state index contributed by atoms with van der Waals surface area (Å²) in [5, 5.41) is 3.48. The van der Waals surface area contributed by atoms with Gasteiger partial charge in [0.1, 0.15) is 0 Å². The van der Waals surface area contributed by atoms with Crippen molar-refractivity contribution in [3.05, 3.63) is 34.9 Å². The van der Waals surface area contributed by atoms with E-state index in [9.17, 15) is 0 Å². The Kier molecular flexibility index (Phi) is 4.94. The Morgan fingerprint density at radius 3 is 2.90 bits per heavy atom. The molecule has 1 saturated heterocycles. The molecule has 0 amide bonds. The van der Waals surface area contributed by atoms with Crippen LogP contribution in [0, 0.1) is 0 Å². The van der Waals surface area contributed by atoms with Gasteiger partial charge < -0.3 is 5.32 Å². The summed E-state index contributed by atoms with van der Waals surface area (Å²) in [5.74, 6) is 0. The highest BCUT2D eigenvalue weighted by Crippen LogP contribution is 2.21. The zero-order valence-corrected chi connectivity index (χ0v) is 13.6. The summed E-state index contributed by atoms with van der Waals surface area (Å²) in [6, 6.07) is 7.88. The fourth-order valence-corrected chi connectivity index (χ4v) is 3.88. The van der Waals surface area contributed by atoms with Crippen molar-refractivity contribution in [2.24, 2.45) is 0 Å². The molecule has 1 aromatic carbocycles. The van der Waals surface area contributed by atoms with Crippen LogP contribution in [0.4, 0.5) is 0 Å². The minimum atomic E-state index is 0.763. The van der Waals surface area contributed by atoms with Gasteiger partial charge in [-0.25, -0.2) is 0 Å². The quantitative estimate of drug-likeness (QED) is 0.896. The zero-order chi connectivity index (χ0) is 14.7. The lowest BCUT2D eigenvalue weighted by Gasteiger charge is -2.26. The van der Waals surface area contributed by atoms with E-state index in [1.807, 2.05) is 0 Å². The van der Waals surface area contributed by atoms with Crippen molar-refractivity contribution in [2.75, 3.05) is 32.7 Å². The van der Waals surface area contributed by atoms with Crippen molar-refractivity contribution in [2.45, 2.75) is 45.8 Å². The molecule has 3 rings (SSSR count). The molecule has 0 radical (unpaired) electrons. The van der Waals surface area contributed by atoms with Gasteiger partial charge in [-0.05, 0) is 49.2 Å². The molecular weight excluding hydrogens is 258 g/mol. The second-order valence-electron chi connectivity index (χ2n) is 6.43. The van der Waals surface area contributed by atoms with Gasteiger partial charge in [-0.2, -0.15) is 0 Å². The minimum absolute atomic E-state index is 0.763. The Morgan fingerprint density at radius 2 is 2.10 bits per heavy atom. The average Bonchev–Trinajstić information content (AvgIpc) is 2.97. The Morgan fingerprint density at radius 1 is 1.24 bits per heavy atom. The van der Waals surface area contributed by atoms with E-state index in [0.717, 1.165) is 25.7 Å². The molecule has 1 fully saturated rings. The molecule has 1 N–H and O–H groups in total. The SMILES string of the molecule is CCN(CC)C1CCN(Cc2ccc3c(c2)CNCC3)C1. The van der Waals surface area contributed by atoms with Crippen LogP contribution in [0.1, 0.15) is 37.0 Å². The lowest BCUT2D eigenvalue weighted by Crippen LogP contribution is -2.37. The van der Waals surface area contributed by atoms with Gasteiger partial charge in [0.15, 0.2) is 0 Å². The molecule has 1 unspecified atom stereocenters. The number of hydrogen-bond acceptors (Lipinski definition) is 3. The average molecular weight is 287 g/mol. The second kappa shape index (κ2) is 6.91. The van der Waals surface area contributed by atoms with Crippen LogP contribution in [0.15, 0.2) is 18.2 Å². The van der Waals surface area contributed by atoms with Crippen LogP contribution < -0.4 is 5.32 Å². The van der Waals surface area contributed by atoms with Crippen LogP contribution in [-0.4, -0.2) is 48.6 Å². The van der Waals surface area contributed by atoms with Crippen molar-refractivity contribution >= 4 is 0 Å². The number of likely N-dealkylation sites (N-methyl/N-ethyl adjacent to an activating group) is 1. The molecule has 3 nitrogen and oxygen atoms in total. The third kappa shape index (κ3) is 3.47. The molecule has 0 aromatic heterocycles. The summed E-state index contributed by atoms with van der Waals surface area (Å²) in [4.78, 5) is 5.23. The fourth-order valence-electron chi connectivity index (χ4n) is 3.88. The topological polar surface area (TPSA) is 18.5 Å². The van der Waals surface area contributed by atoms with Crippen molar-refractivity contribution in [1.82, 2.24) is 15.1 Å². The number of rotatable bonds is 5. The van der Waals surface area contributed by atoms with E-state index < -0.39 is 0 Å². The maximum Gasteiger partial charge on any atom is 0.0235 e. The first-order chi connectivity index (χ1) is 10.3. The van der Waals surface area contributed by atoms with Crippen LogP contribution >= 0.6 is 0 Å². The number of nitrogens with one attached hydrogen (secondary N) is 1. The summed E-state index contributed by atoms with van der Waals surface area (Å²) in [6.45, 7) is 12.7. The molecule has 0 saturated carbocycles. The highest BCUT2D eigenvalue weighted by molar-refractivity contribution is 5.33. The first kappa shape index (κ1) is 15.0. The lowest BCUT2D eigenvalue weighted by molar-refractivity contribution is 0.209. The molecule has 1 aromatic rings. The van der Waals surface area contributed by atoms with Crippen LogP contribution in [0.25, 0.3) is 0 Å². The Bertz CT molecular complexity index is 468. The van der Waals surface area contributed by atoms with Gasteiger partial charge in [0.25, 0.3) is 0 Å². The third-order valence-corrected chi connectivity index (χ3v) is 5.14. The molecule has 2 heterocycles. The van der Waals surface area contributed by atoms with E-state index in [1.54, 1.807) is 5.56 Å². The Balaban J connectivity index is 1.60. The maximum absolute atomic E-state index is 3.48. The number of likely N-dealkylation sites (tertiary alicyclic amines) is 1. The minimum Gasteiger partial charge on any atom is -0.312 e. The smallest absolute Gasteiger partial charge is 0.0235 e. The van der Waals surface area contributed by atoms with Crippen LogP contribution in [0.3, 0.4) is 0 Å². The molecule has 2 aliphatic rings. The van der Waals surface area contributed by atoms with Crippen molar-refractivity contribution < 1.29 is 0 Å². The molecule has 2 aliphatic heterocycles. The monoisotopic (exact) mass is 287 g/mol. The lowest BCUT2D eigenvalue weighted by atomic mass is 9.98. The van der Waals surface area contributed by atoms with Crippen LogP contribution in [-0.2, 0) is 19.5 Å². The van der Waals surface area contributed by atoms with E-state index in [2.05, 4.69) is 47.2 Å². The van der Waals surface area contributed by atoms with E-state index in [4.69, 9.17) is 0 Å². The second-order valence-corrected chi connectivity index (χ2v) is 6.43. The molecule has 1 atom stereocenters. The highest BCUT2D eigenvalue weighted by Gasteiger charge is 2.26. The van der Waals surface area contributed by atoms with Crippen molar-refractivity contribution in [3.8, 4) is 0 Å². The predicted octanol–water partition coefficient (Wildman–Crippen LogP) is 2.25. The molecule has 116 valence electrons. The van der Waals surface area contributed by atoms with E-state index in [1.165, 1.54) is 50.1 Å². The van der Waals surface area contributed by atoms with E-state index >= 15 is 0 Å².